The molecule has 2 aliphatic heterocycles. The molecule has 0 radical (unpaired) electrons. The number of hydrogen-bond acceptors (Lipinski definition) is 5. The zero-order valence-electron chi connectivity index (χ0n) is 16.2. The zero-order chi connectivity index (χ0) is 21.1. The number of ether oxygens (including phenoxy) is 2. The van der Waals surface area contributed by atoms with Crippen molar-refractivity contribution in [3.63, 3.8) is 0 Å². The zero-order valence-corrected chi connectivity index (χ0v) is 16.2. The van der Waals surface area contributed by atoms with E-state index in [2.05, 4.69) is 0 Å². The third kappa shape index (κ3) is 4.59. The number of Topliss-reactive ketones (excluding diaryl/α,β-unsaturated/α-hetero) is 1. The minimum atomic E-state index is -4.36. The summed E-state index contributed by atoms with van der Waals surface area (Å²) in [5.74, 6) is 1.05. The summed E-state index contributed by atoms with van der Waals surface area (Å²) in [6, 6.07) is 10.5. The van der Waals surface area contributed by atoms with Gasteiger partial charge >= 0.3 is 6.18 Å². The van der Waals surface area contributed by atoms with Gasteiger partial charge in [0.25, 0.3) is 0 Å². The van der Waals surface area contributed by atoms with Crippen molar-refractivity contribution in [2.24, 2.45) is 0 Å². The molecule has 1 saturated heterocycles. The summed E-state index contributed by atoms with van der Waals surface area (Å²) in [5, 5.41) is 0. The summed E-state index contributed by atoms with van der Waals surface area (Å²) in [5.41, 5.74) is 0.432. The molecule has 1 fully saturated rings. The van der Waals surface area contributed by atoms with Gasteiger partial charge in [0.15, 0.2) is 17.3 Å². The highest BCUT2D eigenvalue weighted by Crippen LogP contribution is 2.32. The van der Waals surface area contributed by atoms with Crippen molar-refractivity contribution in [3.05, 3.63) is 65.9 Å². The van der Waals surface area contributed by atoms with E-state index in [1.807, 2.05) is 9.80 Å². The van der Waals surface area contributed by atoms with Gasteiger partial charge in [-0.1, -0.05) is 6.07 Å². The predicted octanol–water partition coefficient (Wildman–Crippen LogP) is 4.00. The van der Waals surface area contributed by atoms with Gasteiger partial charge in [-0.2, -0.15) is 13.2 Å². The van der Waals surface area contributed by atoms with Crippen molar-refractivity contribution in [2.75, 3.05) is 44.2 Å². The topological polar surface area (TPSA) is 42.0 Å². The van der Waals surface area contributed by atoms with Crippen LogP contribution in [0.15, 0.2) is 54.8 Å². The van der Waals surface area contributed by atoms with Crippen LogP contribution in [-0.2, 0) is 6.18 Å². The van der Waals surface area contributed by atoms with Crippen LogP contribution >= 0.6 is 0 Å². The molecular formula is C22H21F3N2O3. The molecule has 0 saturated carbocycles. The van der Waals surface area contributed by atoms with E-state index in [1.165, 1.54) is 18.4 Å². The van der Waals surface area contributed by atoms with E-state index in [9.17, 15) is 18.0 Å². The fraction of sp³-hybridized carbons (Fsp3) is 0.318. The molecule has 0 atom stereocenters. The van der Waals surface area contributed by atoms with Crippen molar-refractivity contribution < 1.29 is 27.4 Å². The number of alkyl halides is 3. The molecule has 0 unspecified atom stereocenters. The van der Waals surface area contributed by atoms with E-state index >= 15 is 0 Å². The third-order valence-corrected chi connectivity index (χ3v) is 5.17. The molecular weight excluding hydrogens is 397 g/mol. The standard InChI is InChI=1S/C22H21F3N2O3/c23-22(24,25)17-3-1-4-18(14-17)27-9-7-26(8-10-27)15-19(28)16-5-6-20-21(13-16)30-12-2-11-29-20/h1-6,12-14H,7-11,15H2. The Labute approximate surface area is 172 Å². The number of ketones is 1. The van der Waals surface area contributed by atoms with Crippen LogP contribution < -0.4 is 14.4 Å². The molecule has 0 amide bonds. The normalized spacial score (nSPS) is 17.0. The first kappa shape index (κ1) is 20.3. The summed E-state index contributed by atoms with van der Waals surface area (Å²) in [7, 11) is 0. The maximum absolute atomic E-state index is 12.9. The highest BCUT2D eigenvalue weighted by atomic mass is 19.4. The Bertz CT molecular complexity index is 951. The molecule has 0 N–H and O–H groups in total. The highest BCUT2D eigenvalue weighted by molar-refractivity contribution is 5.98. The van der Waals surface area contributed by atoms with Crippen molar-refractivity contribution in [1.82, 2.24) is 4.90 Å². The SMILES string of the molecule is O=C(CN1CCN(c2cccc(C(F)(F)F)c2)CC1)c1ccc2c(c1)OC=CCO2. The van der Waals surface area contributed by atoms with Crippen molar-refractivity contribution in [1.29, 1.82) is 0 Å². The number of rotatable bonds is 4. The minimum Gasteiger partial charge on any atom is -0.485 e. The lowest BCUT2D eigenvalue weighted by Crippen LogP contribution is -2.48. The van der Waals surface area contributed by atoms with Gasteiger partial charge < -0.3 is 14.4 Å². The summed E-state index contributed by atoms with van der Waals surface area (Å²) >= 11 is 0. The Morgan fingerprint density at radius 3 is 2.57 bits per heavy atom. The van der Waals surface area contributed by atoms with Gasteiger partial charge in [0.05, 0.1) is 18.4 Å². The molecule has 2 aromatic carbocycles. The minimum absolute atomic E-state index is 0.0397. The van der Waals surface area contributed by atoms with E-state index in [0.29, 0.717) is 55.5 Å². The summed E-state index contributed by atoms with van der Waals surface area (Å²) in [6.45, 7) is 2.95. The Morgan fingerprint density at radius 1 is 1.00 bits per heavy atom. The second-order valence-electron chi connectivity index (χ2n) is 7.20. The number of fused-ring (bicyclic) bond motifs is 1. The van der Waals surface area contributed by atoms with E-state index in [4.69, 9.17) is 9.47 Å². The lowest BCUT2D eigenvalue weighted by Gasteiger charge is -2.36. The van der Waals surface area contributed by atoms with Gasteiger partial charge in [-0.3, -0.25) is 9.69 Å². The first-order chi connectivity index (χ1) is 14.4. The second kappa shape index (κ2) is 8.39. The summed E-state index contributed by atoms with van der Waals surface area (Å²) < 4.78 is 49.8. The molecule has 2 aliphatic rings. The summed E-state index contributed by atoms with van der Waals surface area (Å²) in [4.78, 5) is 16.6. The number of hydrogen-bond donors (Lipinski definition) is 0. The molecule has 30 heavy (non-hydrogen) atoms. The smallest absolute Gasteiger partial charge is 0.416 e. The van der Waals surface area contributed by atoms with Gasteiger partial charge in [-0.25, -0.2) is 0 Å². The molecule has 0 aromatic heterocycles. The van der Waals surface area contributed by atoms with Gasteiger partial charge in [-0.15, -0.1) is 0 Å². The highest BCUT2D eigenvalue weighted by Gasteiger charge is 2.31. The lowest BCUT2D eigenvalue weighted by molar-refractivity contribution is -0.137. The Hall–Kier alpha value is -3.00. The second-order valence-corrected chi connectivity index (χ2v) is 7.20. The number of benzene rings is 2. The van der Waals surface area contributed by atoms with E-state index in [-0.39, 0.29) is 12.3 Å². The number of halogens is 3. The first-order valence-corrected chi connectivity index (χ1v) is 9.66. The molecule has 158 valence electrons. The predicted molar refractivity (Wildman–Crippen MR) is 106 cm³/mol. The van der Waals surface area contributed by atoms with Gasteiger partial charge in [0.2, 0.25) is 0 Å². The number of carbonyl (C=O) groups excluding carboxylic acids is 1. The van der Waals surface area contributed by atoms with Gasteiger partial charge in [0, 0.05) is 37.4 Å². The molecule has 4 rings (SSSR count). The number of nitrogens with zero attached hydrogens (tertiary/aromatic N) is 2. The van der Waals surface area contributed by atoms with Crippen LogP contribution in [-0.4, -0.2) is 50.0 Å². The van der Waals surface area contributed by atoms with Crippen molar-refractivity contribution in [2.45, 2.75) is 6.18 Å². The van der Waals surface area contributed by atoms with Crippen molar-refractivity contribution in [3.8, 4) is 11.5 Å². The van der Waals surface area contributed by atoms with Crippen LogP contribution in [0, 0.1) is 0 Å². The number of piperazine rings is 1. The third-order valence-electron chi connectivity index (χ3n) is 5.17. The van der Waals surface area contributed by atoms with Crippen LogP contribution in [0.5, 0.6) is 11.5 Å². The number of carbonyl (C=O) groups is 1. The fourth-order valence-corrected chi connectivity index (χ4v) is 3.53. The number of anilines is 1. The Kier molecular flexibility index (Phi) is 5.67. The van der Waals surface area contributed by atoms with Crippen LogP contribution in [0.2, 0.25) is 0 Å². The Morgan fingerprint density at radius 2 is 1.80 bits per heavy atom. The average Bonchev–Trinajstić information content (AvgIpc) is 2.98. The summed E-state index contributed by atoms with van der Waals surface area (Å²) in [6.07, 6.45) is -1.08. The molecule has 2 aromatic rings. The largest absolute Gasteiger partial charge is 0.485 e. The van der Waals surface area contributed by atoms with Gasteiger partial charge in [0.1, 0.15) is 6.61 Å². The van der Waals surface area contributed by atoms with E-state index < -0.39 is 11.7 Å². The molecule has 8 heteroatoms. The maximum Gasteiger partial charge on any atom is 0.416 e. The quantitative estimate of drug-likeness (QED) is 0.703. The lowest BCUT2D eigenvalue weighted by atomic mass is 10.1. The van der Waals surface area contributed by atoms with E-state index in [1.54, 1.807) is 30.3 Å². The van der Waals surface area contributed by atoms with E-state index in [0.717, 1.165) is 6.07 Å². The molecule has 2 heterocycles. The Balaban J connectivity index is 1.35. The van der Waals surface area contributed by atoms with Crippen molar-refractivity contribution >= 4 is 11.5 Å². The van der Waals surface area contributed by atoms with Crippen LogP contribution in [0.25, 0.3) is 0 Å². The molecule has 0 spiro atoms. The monoisotopic (exact) mass is 418 g/mol. The van der Waals surface area contributed by atoms with Crippen LogP contribution in [0.4, 0.5) is 18.9 Å². The van der Waals surface area contributed by atoms with Gasteiger partial charge in [-0.05, 0) is 42.5 Å². The maximum atomic E-state index is 12.9. The molecule has 0 bridgehead atoms. The van der Waals surface area contributed by atoms with Crippen LogP contribution in [0.3, 0.4) is 0 Å². The molecule has 0 aliphatic carbocycles. The van der Waals surface area contributed by atoms with Crippen LogP contribution in [0.1, 0.15) is 15.9 Å². The first-order valence-electron chi connectivity index (χ1n) is 9.66. The fourth-order valence-electron chi connectivity index (χ4n) is 3.53. The average molecular weight is 418 g/mol. The molecule has 5 nitrogen and oxygen atoms in total.